The molecule has 0 aliphatic rings. The molecule has 0 unspecified atom stereocenters. The Morgan fingerprint density at radius 3 is 2.40 bits per heavy atom. The monoisotopic (exact) mass is 583 g/mol. The molecule has 0 radical (unpaired) electrons. The Morgan fingerprint density at radius 2 is 1.60 bits per heavy atom. The number of nitrogens with zero attached hydrogens (tertiary/aromatic N) is 3. The molecular weight excluding hydrogens is 563 g/mol. The van der Waals surface area contributed by atoms with Gasteiger partial charge in [0.1, 0.15) is 12.4 Å². The van der Waals surface area contributed by atoms with E-state index in [1.807, 2.05) is 42.5 Å². The van der Waals surface area contributed by atoms with Gasteiger partial charge in [0, 0.05) is 5.56 Å². The van der Waals surface area contributed by atoms with E-state index in [0.717, 1.165) is 33.1 Å². The van der Waals surface area contributed by atoms with Crippen LogP contribution in [0.25, 0.3) is 33.1 Å². The van der Waals surface area contributed by atoms with E-state index in [1.165, 1.54) is 18.3 Å². The number of aromatic nitrogens is 2. The normalized spacial score (nSPS) is 11.9. The van der Waals surface area contributed by atoms with E-state index >= 15 is 0 Å². The van der Waals surface area contributed by atoms with Gasteiger partial charge in [0.2, 0.25) is 0 Å². The predicted octanol–water partition coefficient (Wildman–Crippen LogP) is 8.35. The Labute approximate surface area is 243 Å². The number of ether oxygens (including phenoxy) is 1. The summed E-state index contributed by atoms with van der Waals surface area (Å²) in [5.74, 6) is 0.443. The van der Waals surface area contributed by atoms with Crippen molar-refractivity contribution in [2.75, 3.05) is 0 Å². The van der Waals surface area contributed by atoms with Crippen LogP contribution in [0.4, 0.5) is 13.2 Å². The topological polar surface area (TPSA) is 56.5 Å². The van der Waals surface area contributed by atoms with E-state index in [9.17, 15) is 18.0 Å². The summed E-state index contributed by atoms with van der Waals surface area (Å²) in [6.45, 7) is 0.313. The van der Waals surface area contributed by atoms with E-state index in [2.05, 4.69) is 10.1 Å². The van der Waals surface area contributed by atoms with Crippen molar-refractivity contribution in [1.29, 1.82) is 0 Å². The van der Waals surface area contributed by atoms with Crippen LogP contribution in [0.15, 0.2) is 119 Å². The smallest absolute Gasteiger partial charge is 0.416 e. The van der Waals surface area contributed by atoms with Crippen molar-refractivity contribution in [2.45, 2.75) is 12.8 Å². The maximum absolute atomic E-state index is 13.4. The van der Waals surface area contributed by atoms with Crippen LogP contribution in [0.5, 0.6) is 5.75 Å². The van der Waals surface area contributed by atoms with Crippen molar-refractivity contribution in [3.8, 4) is 17.1 Å². The number of para-hydroxylation sites is 1. The zero-order valence-electron chi connectivity index (χ0n) is 21.8. The van der Waals surface area contributed by atoms with Gasteiger partial charge in [-0.3, -0.25) is 4.79 Å². The van der Waals surface area contributed by atoms with Crippen LogP contribution in [-0.2, 0) is 12.8 Å². The van der Waals surface area contributed by atoms with Gasteiger partial charge in [-0.1, -0.05) is 78.3 Å². The molecule has 42 heavy (non-hydrogen) atoms. The van der Waals surface area contributed by atoms with Crippen LogP contribution in [0.2, 0.25) is 5.02 Å². The molecule has 0 atom stereocenters. The molecule has 0 bridgehead atoms. The third-order valence-corrected chi connectivity index (χ3v) is 7.04. The Hall–Kier alpha value is -4.95. The van der Waals surface area contributed by atoms with Gasteiger partial charge in [0.25, 0.3) is 5.56 Å². The fraction of sp³-hybridized carbons (Fsp3) is 0.0606. The number of benzene rings is 5. The summed E-state index contributed by atoms with van der Waals surface area (Å²) in [6.07, 6.45) is -3.16. The quantitative estimate of drug-likeness (QED) is 0.185. The second kappa shape index (κ2) is 11.1. The molecule has 6 aromatic rings. The molecule has 0 aliphatic heterocycles. The first-order valence-corrected chi connectivity index (χ1v) is 13.3. The molecule has 9 heteroatoms. The van der Waals surface area contributed by atoms with Gasteiger partial charge in [-0.25, -0.2) is 4.98 Å². The van der Waals surface area contributed by atoms with Crippen molar-refractivity contribution < 1.29 is 17.9 Å². The highest BCUT2D eigenvalue weighted by Gasteiger charge is 2.31. The van der Waals surface area contributed by atoms with Gasteiger partial charge >= 0.3 is 6.18 Å². The van der Waals surface area contributed by atoms with Gasteiger partial charge in [0.15, 0.2) is 5.82 Å². The first-order valence-electron chi connectivity index (χ1n) is 12.9. The molecule has 5 nitrogen and oxygen atoms in total. The van der Waals surface area contributed by atoms with Gasteiger partial charge in [-0.15, -0.1) is 0 Å². The molecule has 0 saturated heterocycles. The molecule has 0 saturated carbocycles. The SMILES string of the molecule is O=c1c2ccccc2nc(-c2cccc(C(F)(F)F)c2)n1N=Cc1ccc(OCc2cccc3ccccc23)c(Cl)c1. The standard InChI is InChI=1S/C33H21ClF3N3O2/c34-28-17-21(15-16-30(28)42-20-24-10-5-8-22-7-1-2-12-26(22)24)19-38-40-31(23-9-6-11-25(18-23)33(35,36)37)39-29-14-4-3-13-27(29)32(40)41/h1-19H,20H2. The molecule has 0 fully saturated rings. The summed E-state index contributed by atoms with van der Waals surface area (Å²) in [6, 6.07) is 30.3. The fourth-order valence-corrected chi connectivity index (χ4v) is 4.91. The zero-order chi connectivity index (χ0) is 29.3. The van der Waals surface area contributed by atoms with Gasteiger partial charge in [-0.2, -0.15) is 22.9 Å². The number of fused-ring (bicyclic) bond motifs is 2. The third kappa shape index (κ3) is 5.49. The molecule has 0 N–H and O–H groups in total. The first kappa shape index (κ1) is 27.2. The van der Waals surface area contributed by atoms with E-state index < -0.39 is 17.3 Å². The summed E-state index contributed by atoms with van der Waals surface area (Å²) in [5.41, 5.74) is 0.624. The molecule has 0 aliphatic carbocycles. The second-order valence-corrected chi connectivity index (χ2v) is 9.92. The lowest BCUT2D eigenvalue weighted by Gasteiger charge is -2.12. The van der Waals surface area contributed by atoms with Crippen LogP contribution in [0.3, 0.4) is 0 Å². The van der Waals surface area contributed by atoms with Crippen LogP contribution in [-0.4, -0.2) is 15.9 Å². The molecule has 1 aromatic heterocycles. The highest BCUT2D eigenvalue weighted by atomic mass is 35.5. The van der Waals surface area contributed by atoms with Crippen molar-refractivity contribution in [3.05, 3.63) is 141 Å². The predicted molar refractivity (Wildman–Crippen MR) is 159 cm³/mol. The van der Waals surface area contributed by atoms with E-state index in [4.69, 9.17) is 16.3 Å². The summed E-state index contributed by atoms with van der Waals surface area (Å²) in [4.78, 5) is 17.9. The largest absolute Gasteiger partial charge is 0.487 e. The Bertz CT molecular complexity index is 2030. The summed E-state index contributed by atoms with van der Waals surface area (Å²) in [7, 11) is 0. The molecular formula is C33H21ClF3N3O2. The minimum atomic E-state index is -4.56. The van der Waals surface area contributed by atoms with Gasteiger partial charge in [0.05, 0.1) is 27.7 Å². The molecule has 1 heterocycles. The highest BCUT2D eigenvalue weighted by Crippen LogP contribution is 2.32. The minimum absolute atomic E-state index is 0.0258. The zero-order valence-corrected chi connectivity index (χ0v) is 22.6. The lowest BCUT2D eigenvalue weighted by molar-refractivity contribution is -0.137. The number of halogens is 4. The van der Waals surface area contributed by atoms with E-state index in [1.54, 1.807) is 42.5 Å². The molecule has 0 spiro atoms. The second-order valence-electron chi connectivity index (χ2n) is 9.51. The lowest BCUT2D eigenvalue weighted by atomic mass is 10.1. The summed E-state index contributed by atoms with van der Waals surface area (Å²) >= 11 is 6.52. The molecule has 5 aromatic carbocycles. The molecule has 208 valence electrons. The Morgan fingerprint density at radius 1 is 0.857 bits per heavy atom. The summed E-state index contributed by atoms with van der Waals surface area (Å²) in [5, 5.41) is 7.14. The van der Waals surface area contributed by atoms with Crippen molar-refractivity contribution in [1.82, 2.24) is 9.66 Å². The van der Waals surface area contributed by atoms with Gasteiger partial charge in [-0.05, 0) is 64.4 Å². The number of alkyl halides is 3. The average Bonchev–Trinajstić information content (AvgIpc) is 3.00. The Balaban J connectivity index is 1.32. The maximum atomic E-state index is 13.4. The first-order chi connectivity index (χ1) is 20.3. The van der Waals surface area contributed by atoms with Crippen LogP contribution in [0, 0.1) is 0 Å². The highest BCUT2D eigenvalue weighted by molar-refractivity contribution is 6.32. The lowest BCUT2D eigenvalue weighted by Crippen LogP contribution is -2.20. The van der Waals surface area contributed by atoms with Crippen molar-refractivity contribution in [3.63, 3.8) is 0 Å². The van der Waals surface area contributed by atoms with Gasteiger partial charge < -0.3 is 4.74 Å². The molecule has 0 amide bonds. The third-order valence-electron chi connectivity index (χ3n) is 6.74. The Kier molecular flexibility index (Phi) is 7.22. The van der Waals surface area contributed by atoms with Crippen LogP contribution < -0.4 is 10.3 Å². The van der Waals surface area contributed by atoms with E-state index in [0.29, 0.717) is 28.5 Å². The number of rotatable bonds is 6. The van der Waals surface area contributed by atoms with Crippen molar-refractivity contribution in [2.24, 2.45) is 5.10 Å². The summed E-state index contributed by atoms with van der Waals surface area (Å²) < 4.78 is 47.3. The average molecular weight is 584 g/mol. The maximum Gasteiger partial charge on any atom is 0.416 e. The minimum Gasteiger partial charge on any atom is -0.487 e. The molecule has 6 rings (SSSR count). The number of hydrogen-bond acceptors (Lipinski definition) is 4. The number of hydrogen-bond donors (Lipinski definition) is 0. The van der Waals surface area contributed by atoms with Crippen molar-refractivity contribution >= 4 is 39.5 Å². The fourth-order valence-electron chi connectivity index (χ4n) is 4.66. The van der Waals surface area contributed by atoms with E-state index in [-0.39, 0.29) is 16.8 Å². The van der Waals surface area contributed by atoms with Crippen LogP contribution >= 0.6 is 11.6 Å². The van der Waals surface area contributed by atoms with Crippen LogP contribution in [0.1, 0.15) is 16.7 Å².